The average Bonchev–Trinajstić information content (AvgIpc) is 2.71. The van der Waals surface area contributed by atoms with Gasteiger partial charge in [-0.3, -0.25) is 14.5 Å². The number of ketones is 1. The van der Waals surface area contributed by atoms with Crippen molar-refractivity contribution in [3.63, 3.8) is 0 Å². The smallest absolute Gasteiger partial charge is 0.297 e. The van der Waals surface area contributed by atoms with Gasteiger partial charge < -0.3 is 0 Å². The van der Waals surface area contributed by atoms with Crippen LogP contribution < -0.4 is 4.90 Å². The molecule has 3 rings (SSSR count). The first-order valence-electron chi connectivity index (χ1n) is 5.94. The van der Waals surface area contributed by atoms with Crippen molar-refractivity contribution in [1.82, 2.24) is 4.98 Å². The molecule has 7 heteroatoms. The zero-order valence-corrected chi connectivity index (χ0v) is 11.2. The molecule has 2 heterocycles. The Bertz CT molecular complexity index is 780. The predicted molar refractivity (Wildman–Crippen MR) is 71.1 cm³/mol. The Morgan fingerprint density at radius 3 is 2.57 bits per heavy atom. The fourth-order valence-electron chi connectivity index (χ4n) is 2.21. The highest BCUT2D eigenvalue weighted by atomic mass is 35.5. The van der Waals surface area contributed by atoms with E-state index in [9.17, 15) is 18.4 Å². The Morgan fingerprint density at radius 2 is 1.86 bits per heavy atom. The van der Waals surface area contributed by atoms with Crippen molar-refractivity contribution < 1.29 is 18.4 Å². The number of aromatic nitrogens is 1. The molecule has 0 unspecified atom stereocenters. The Balaban J connectivity index is 2.10. The molecule has 1 amide bonds. The van der Waals surface area contributed by atoms with Gasteiger partial charge in [0.15, 0.2) is 0 Å². The lowest BCUT2D eigenvalue weighted by molar-refractivity contribution is -0.114. The molecule has 1 aliphatic heterocycles. The van der Waals surface area contributed by atoms with E-state index in [0.717, 1.165) is 17.0 Å². The summed E-state index contributed by atoms with van der Waals surface area (Å²) in [4.78, 5) is 28.5. The van der Waals surface area contributed by atoms with Crippen molar-refractivity contribution in [3.05, 3.63) is 58.4 Å². The zero-order valence-electron chi connectivity index (χ0n) is 10.4. The number of hydrogen-bond donors (Lipinski definition) is 0. The van der Waals surface area contributed by atoms with E-state index in [1.54, 1.807) is 12.1 Å². The summed E-state index contributed by atoms with van der Waals surface area (Å²) in [7, 11) is 0. The van der Waals surface area contributed by atoms with E-state index in [4.69, 9.17) is 11.6 Å². The molecule has 2 aromatic rings. The lowest BCUT2D eigenvalue weighted by Crippen LogP contribution is -2.29. The van der Waals surface area contributed by atoms with Crippen LogP contribution in [-0.2, 0) is 11.3 Å². The number of amides is 1. The summed E-state index contributed by atoms with van der Waals surface area (Å²) in [6.07, 6.45) is 1.46. The van der Waals surface area contributed by atoms with Crippen LogP contribution in [0.3, 0.4) is 0 Å². The van der Waals surface area contributed by atoms with Crippen LogP contribution in [0, 0.1) is 11.6 Å². The molecule has 0 atom stereocenters. The maximum Gasteiger partial charge on any atom is 0.299 e. The highest BCUT2D eigenvalue weighted by Gasteiger charge is 2.40. The van der Waals surface area contributed by atoms with Gasteiger partial charge in [0.2, 0.25) is 0 Å². The van der Waals surface area contributed by atoms with Crippen LogP contribution in [0.25, 0.3) is 0 Å². The SMILES string of the molecule is O=C1C(=O)N(Cc2cccnc2Cl)c2c(F)ccc(F)c21. The molecular formula is C14H7ClF2N2O2. The average molecular weight is 309 g/mol. The number of hydrogen-bond acceptors (Lipinski definition) is 3. The van der Waals surface area contributed by atoms with E-state index >= 15 is 0 Å². The van der Waals surface area contributed by atoms with Gasteiger partial charge in [-0.2, -0.15) is 0 Å². The van der Waals surface area contributed by atoms with E-state index in [1.807, 2.05) is 0 Å². The lowest BCUT2D eigenvalue weighted by Gasteiger charge is -2.17. The highest BCUT2D eigenvalue weighted by Crippen LogP contribution is 2.35. The van der Waals surface area contributed by atoms with Gasteiger partial charge in [-0.05, 0) is 18.2 Å². The standard InChI is InChI=1S/C14H7ClF2N2O2/c15-13-7(2-1-5-18-13)6-19-11-9(17)4-3-8(16)10(11)12(20)14(19)21/h1-5H,6H2. The van der Waals surface area contributed by atoms with Crippen LogP contribution >= 0.6 is 11.6 Å². The van der Waals surface area contributed by atoms with Gasteiger partial charge in [0.05, 0.1) is 17.8 Å². The van der Waals surface area contributed by atoms with Crippen LogP contribution in [-0.4, -0.2) is 16.7 Å². The third kappa shape index (κ3) is 2.08. The Morgan fingerprint density at radius 1 is 1.14 bits per heavy atom. The molecule has 1 aromatic carbocycles. The van der Waals surface area contributed by atoms with Crippen molar-refractivity contribution in [2.45, 2.75) is 6.54 Å². The number of carbonyl (C=O) groups excluding carboxylic acids is 2. The topological polar surface area (TPSA) is 50.3 Å². The second kappa shape index (κ2) is 4.89. The number of carbonyl (C=O) groups is 2. The normalized spacial score (nSPS) is 13.8. The van der Waals surface area contributed by atoms with Crippen molar-refractivity contribution in [3.8, 4) is 0 Å². The molecule has 1 aliphatic rings. The second-order valence-corrected chi connectivity index (χ2v) is 4.78. The lowest BCUT2D eigenvalue weighted by atomic mass is 10.1. The summed E-state index contributed by atoms with van der Waals surface area (Å²) in [6.45, 7) is -0.162. The second-order valence-electron chi connectivity index (χ2n) is 4.43. The van der Waals surface area contributed by atoms with Crippen LogP contribution in [0.5, 0.6) is 0 Å². The summed E-state index contributed by atoms with van der Waals surface area (Å²) < 4.78 is 27.6. The van der Waals surface area contributed by atoms with E-state index < -0.39 is 28.9 Å². The van der Waals surface area contributed by atoms with Crippen LogP contribution in [0.4, 0.5) is 14.5 Å². The van der Waals surface area contributed by atoms with Crippen molar-refractivity contribution in [1.29, 1.82) is 0 Å². The Hall–Kier alpha value is -2.34. The van der Waals surface area contributed by atoms with E-state index in [2.05, 4.69) is 4.98 Å². The molecular weight excluding hydrogens is 302 g/mol. The number of Topliss-reactive ketones (excluding diaryl/α,β-unsaturated/α-hetero) is 1. The van der Waals surface area contributed by atoms with Gasteiger partial charge in [-0.15, -0.1) is 0 Å². The molecule has 0 fully saturated rings. The van der Waals surface area contributed by atoms with E-state index in [-0.39, 0.29) is 17.4 Å². The zero-order chi connectivity index (χ0) is 15.1. The van der Waals surface area contributed by atoms with Crippen molar-refractivity contribution in [2.75, 3.05) is 4.90 Å². The first kappa shape index (κ1) is 13.6. The van der Waals surface area contributed by atoms with Gasteiger partial charge in [0.25, 0.3) is 11.7 Å². The summed E-state index contributed by atoms with van der Waals surface area (Å²) in [6, 6.07) is 4.87. The molecule has 0 saturated heterocycles. The molecule has 0 spiro atoms. The molecule has 0 bridgehead atoms. The van der Waals surface area contributed by atoms with Crippen molar-refractivity contribution >= 4 is 29.0 Å². The molecule has 0 saturated carbocycles. The van der Waals surface area contributed by atoms with Crippen LogP contribution in [0.1, 0.15) is 15.9 Å². The van der Waals surface area contributed by atoms with Gasteiger partial charge in [-0.1, -0.05) is 17.7 Å². The molecule has 1 aromatic heterocycles. The minimum absolute atomic E-state index is 0.128. The number of fused-ring (bicyclic) bond motifs is 1. The predicted octanol–water partition coefficient (Wildman–Crippen LogP) is 2.74. The van der Waals surface area contributed by atoms with Gasteiger partial charge >= 0.3 is 0 Å². The first-order chi connectivity index (χ1) is 10.0. The molecule has 0 radical (unpaired) electrons. The number of rotatable bonds is 2. The number of anilines is 1. The van der Waals surface area contributed by atoms with Gasteiger partial charge in [0.1, 0.15) is 16.8 Å². The number of benzene rings is 1. The Labute approximate surface area is 123 Å². The minimum Gasteiger partial charge on any atom is -0.297 e. The third-order valence-corrected chi connectivity index (χ3v) is 3.52. The molecule has 21 heavy (non-hydrogen) atoms. The number of halogens is 3. The Kier molecular flexibility index (Phi) is 3.17. The molecule has 106 valence electrons. The fraction of sp³-hybridized carbons (Fsp3) is 0.0714. The van der Waals surface area contributed by atoms with Crippen LogP contribution in [0.2, 0.25) is 5.15 Å². The summed E-state index contributed by atoms with van der Waals surface area (Å²) in [5.41, 5.74) is -0.471. The van der Waals surface area contributed by atoms with Crippen molar-refractivity contribution in [2.24, 2.45) is 0 Å². The van der Waals surface area contributed by atoms with E-state index in [0.29, 0.717) is 5.56 Å². The minimum atomic E-state index is -1.07. The molecule has 0 N–H and O–H groups in total. The highest BCUT2D eigenvalue weighted by molar-refractivity contribution is 6.52. The summed E-state index contributed by atoms with van der Waals surface area (Å²) >= 11 is 5.88. The maximum atomic E-state index is 13.9. The number of pyridine rings is 1. The quantitative estimate of drug-likeness (QED) is 0.633. The monoisotopic (exact) mass is 308 g/mol. The summed E-state index contributed by atoms with van der Waals surface area (Å²) in [5, 5.41) is 0.128. The van der Waals surface area contributed by atoms with Crippen LogP contribution in [0.15, 0.2) is 30.5 Å². The summed E-state index contributed by atoms with van der Waals surface area (Å²) in [5.74, 6) is -3.83. The van der Waals surface area contributed by atoms with E-state index in [1.165, 1.54) is 6.20 Å². The number of nitrogens with zero attached hydrogens (tertiary/aromatic N) is 2. The third-order valence-electron chi connectivity index (χ3n) is 3.18. The molecule has 4 nitrogen and oxygen atoms in total. The fourth-order valence-corrected chi connectivity index (χ4v) is 2.39. The molecule has 0 aliphatic carbocycles. The van der Waals surface area contributed by atoms with Gasteiger partial charge in [0, 0.05) is 11.8 Å². The first-order valence-corrected chi connectivity index (χ1v) is 6.32. The van der Waals surface area contributed by atoms with Gasteiger partial charge in [-0.25, -0.2) is 13.8 Å². The maximum absolute atomic E-state index is 13.9. The largest absolute Gasteiger partial charge is 0.299 e.